The second-order valence-electron chi connectivity index (χ2n) is 5.08. The van der Waals surface area contributed by atoms with Gasteiger partial charge in [0.05, 0.1) is 18.8 Å². The van der Waals surface area contributed by atoms with Gasteiger partial charge >= 0.3 is 0 Å². The van der Waals surface area contributed by atoms with Gasteiger partial charge in [0, 0.05) is 23.9 Å². The molecule has 19 heavy (non-hydrogen) atoms. The zero-order valence-corrected chi connectivity index (χ0v) is 12.9. The Balaban J connectivity index is 0.00000180. The third-order valence-corrected chi connectivity index (χ3v) is 4.21. The highest BCUT2D eigenvalue weighted by atomic mass is 35.5. The second-order valence-corrected chi connectivity index (χ2v) is 6.03. The van der Waals surface area contributed by atoms with E-state index in [-0.39, 0.29) is 29.9 Å². The summed E-state index contributed by atoms with van der Waals surface area (Å²) in [6.45, 7) is 6.24. The first kappa shape index (κ1) is 16.4. The Bertz CT molecular complexity index is 389. The van der Waals surface area contributed by atoms with E-state index in [1.165, 1.54) is 4.88 Å². The maximum absolute atomic E-state index is 12.0. The van der Waals surface area contributed by atoms with Gasteiger partial charge in [-0.2, -0.15) is 0 Å². The van der Waals surface area contributed by atoms with Crippen LogP contribution in [0.4, 0.5) is 0 Å². The van der Waals surface area contributed by atoms with E-state index in [9.17, 15) is 4.79 Å². The average Bonchev–Trinajstić information content (AvgIpc) is 2.83. The van der Waals surface area contributed by atoms with E-state index in [2.05, 4.69) is 10.6 Å². The van der Waals surface area contributed by atoms with Crippen LogP contribution in [0.25, 0.3) is 0 Å². The number of hydrogen-bond donors (Lipinski definition) is 2. The van der Waals surface area contributed by atoms with Crippen molar-refractivity contribution in [2.24, 2.45) is 0 Å². The van der Waals surface area contributed by atoms with Gasteiger partial charge in [0.25, 0.3) is 0 Å². The Morgan fingerprint density at radius 3 is 3.00 bits per heavy atom. The number of halogens is 1. The minimum absolute atomic E-state index is 0. The lowest BCUT2D eigenvalue weighted by Crippen LogP contribution is -2.47. The van der Waals surface area contributed by atoms with Crippen molar-refractivity contribution in [3.05, 3.63) is 22.4 Å². The lowest BCUT2D eigenvalue weighted by molar-refractivity contribution is -0.123. The third kappa shape index (κ3) is 4.76. The van der Waals surface area contributed by atoms with Gasteiger partial charge in [-0.25, -0.2) is 0 Å². The fourth-order valence-corrected chi connectivity index (χ4v) is 2.88. The van der Waals surface area contributed by atoms with E-state index in [1.54, 1.807) is 11.3 Å². The van der Waals surface area contributed by atoms with Crippen molar-refractivity contribution >= 4 is 29.7 Å². The SMILES string of the molecule is CC(C)(NC(=O)CC1COCCN1)c1cccs1.Cl. The number of nitrogens with one attached hydrogen (secondary N) is 2. The Morgan fingerprint density at radius 1 is 1.63 bits per heavy atom. The lowest BCUT2D eigenvalue weighted by atomic mass is 10.0. The van der Waals surface area contributed by atoms with Crippen molar-refractivity contribution in [1.82, 2.24) is 10.6 Å². The molecule has 2 rings (SSSR count). The van der Waals surface area contributed by atoms with Crippen molar-refractivity contribution in [3.8, 4) is 0 Å². The normalized spacial score (nSPS) is 19.6. The molecule has 1 aliphatic rings. The van der Waals surface area contributed by atoms with Crippen molar-refractivity contribution in [3.63, 3.8) is 0 Å². The number of morpholine rings is 1. The number of rotatable bonds is 4. The number of carbonyl (C=O) groups excluding carboxylic acids is 1. The molecule has 1 fully saturated rings. The topological polar surface area (TPSA) is 50.4 Å². The highest BCUT2D eigenvalue weighted by Gasteiger charge is 2.25. The summed E-state index contributed by atoms with van der Waals surface area (Å²) >= 11 is 1.66. The van der Waals surface area contributed by atoms with Crippen molar-refractivity contribution < 1.29 is 9.53 Å². The first-order chi connectivity index (χ1) is 8.58. The fourth-order valence-electron chi connectivity index (χ4n) is 2.07. The van der Waals surface area contributed by atoms with Gasteiger partial charge in [-0.15, -0.1) is 23.7 Å². The maximum atomic E-state index is 12.0. The third-order valence-electron chi connectivity index (χ3n) is 3.02. The van der Waals surface area contributed by atoms with E-state index in [4.69, 9.17) is 4.74 Å². The zero-order chi connectivity index (χ0) is 13.0. The molecule has 2 heterocycles. The smallest absolute Gasteiger partial charge is 0.222 e. The predicted octanol–water partition coefficient (Wildman–Crippen LogP) is 1.90. The van der Waals surface area contributed by atoms with E-state index in [0.717, 1.165) is 13.2 Å². The van der Waals surface area contributed by atoms with Crippen LogP contribution >= 0.6 is 23.7 Å². The van der Waals surface area contributed by atoms with Gasteiger partial charge in [0.2, 0.25) is 5.91 Å². The monoisotopic (exact) mass is 304 g/mol. The molecule has 0 spiro atoms. The predicted molar refractivity (Wildman–Crippen MR) is 80.0 cm³/mol. The molecule has 1 saturated heterocycles. The van der Waals surface area contributed by atoms with Crippen LogP contribution < -0.4 is 10.6 Å². The molecule has 0 radical (unpaired) electrons. The summed E-state index contributed by atoms with van der Waals surface area (Å²) in [6.07, 6.45) is 0.467. The minimum atomic E-state index is -0.305. The summed E-state index contributed by atoms with van der Waals surface area (Å²) in [5.74, 6) is 0.0661. The van der Waals surface area contributed by atoms with E-state index >= 15 is 0 Å². The lowest BCUT2D eigenvalue weighted by Gasteiger charge is -2.28. The van der Waals surface area contributed by atoms with E-state index < -0.39 is 0 Å². The summed E-state index contributed by atoms with van der Waals surface area (Å²) in [6, 6.07) is 4.19. The molecule has 1 amide bonds. The Morgan fingerprint density at radius 2 is 2.42 bits per heavy atom. The molecule has 0 saturated carbocycles. The van der Waals surface area contributed by atoms with Gasteiger partial charge in [-0.05, 0) is 25.3 Å². The van der Waals surface area contributed by atoms with Crippen LogP contribution in [0.2, 0.25) is 0 Å². The summed E-state index contributed by atoms with van der Waals surface area (Å²) < 4.78 is 5.34. The molecule has 0 aromatic carbocycles. The molecule has 1 unspecified atom stereocenters. The van der Waals surface area contributed by atoms with Crippen LogP contribution in [-0.4, -0.2) is 31.7 Å². The molecular formula is C13H21ClN2O2S. The number of hydrogen-bond acceptors (Lipinski definition) is 4. The Kier molecular flexibility index (Phi) is 6.26. The highest BCUT2D eigenvalue weighted by molar-refractivity contribution is 7.10. The minimum Gasteiger partial charge on any atom is -0.378 e. The number of amides is 1. The number of carbonyl (C=O) groups is 1. The van der Waals surface area contributed by atoms with Crippen LogP contribution in [0.1, 0.15) is 25.1 Å². The molecular weight excluding hydrogens is 284 g/mol. The Hall–Kier alpha value is -0.620. The number of ether oxygens (including phenoxy) is 1. The van der Waals surface area contributed by atoms with Gasteiger partial charge in [0.1, 0.15) is 0 Å². The summed E-state index contributed by atoms with van der Waals surface area (Å²) in [7, 11) is 0. The largest absolute Gasteiger partial charge is 0.378 e. The van der Waals surface area contributed by atoms with Crippen molar-refractivity contribution in [2.45, 2.75) is 31.8 Å². The van der Waals surface area contributed by atoms with Crippen LogP contribution in [0.3, 0.4) is 0 Å². The molecule has 1 aromatic heterocycles. The van der Waals surface area contributed by atoms with E-state index in [1.807, 2.05) is 31.4 Å². The van der Waals surface area contributed by atoms with Gasteiger partial charge < -0.3 is 15.4 Å². The molecule has 4 nitrogen and oxygen atoms in total. The van der Waals surface area contributed by atoms with Crippen molar-refractivity contribution in [1.29, 1.82) is 0 Å². The molecule has 0 bridgehead atoms. The molecule has 2 N–H and O–H groups in total. The maximum Gasteiger partial charge on any atom is 0.222 e. The summed E-state index contributed by atoms with van der Waals surface area (Å²) in [5, 5.41) is 8.40. The quantitative estimate of drug-likeness (QED) is 0.893. The van der Waals surface area contributed by atoms with Gasteiger partial charge in [0.15, 0.2) is 0 Å². The number of thiophene rings is 1. The molecule has 1 aliphatic heterocycles. The molecule has 1 atom stereocenters. The molecule has 1 aromatic rings. The second kappa shape index (κ2) is 7.24. The van der Waals surface area contributed by atoms with Crippen LogP contribution in [0, 0.1) is 0 Å². The fraction of sp³-hybridized carbons (Fsp3) is 0.615. The van der Waals surface area contributed by atoms with Crippen molar-refractivity contribution in [2.75, 3.05) is 19.8 Å². The van der Waals surface area contributed by atoms with Gasteiger partial charge in [-0.1, -0.05) is 6.07 Å². The molecule has 108 valence electrons. The standard InChI is InChI=1S/C13H20N2O2S.ClH/c1-13(2,11-4-3-7-18-11)15-12(16)8-10-9-17-6-5-14-10;/h3-4,7,10,14H,5-6,8-9H2,1-2H3,(H,15,16);1H. The zero-order valence-electron chi connectivity index (χ0n) is 11.3. The highest BCUT2D eigenvalue weighted by Crippen LogP contribution is 2.24. The van der Waals surface area contributed by atoms with Gasteiger partial charge in [-0.3, -0.25) is 4.79 Å². The van der Waals surface area contributed by atoms with Crippen LogP contribution in [-0.2, 0) is 15.1 Å². The summed E-state index contributed by atoms with van der Waals surface area (Å²) in [4.78, 5) is 13.2. The van der Waals surface area contributed by atoms with Crippen LogP contribution in [0.15, 0.2) is 17.5 Å². The van der Waals surface area contributed by atoms with Crippen LogP contribution in [0.5, 0.6) is 0 Å². The first-order valence-electron chi connectivity index (χ1n) is 6.24. The average molecular weight is 305 g/mol. The van der Waals surface area contributed by atoms with E-state index in [0.29, 0.717) is 13.0 Å². The first-order valence-corrected chi connectivity index (χ1v) is 7.12. The molecule has 6 heteroatoms. The Labute approximate surface area is 124 Å². The molecule has 0 aliphatic carbocycles. The summed E-state index contributed by atoms with van der Waals surface area (Å²) in [5.41, 5.74) is -0.305.